The number of aryl methyl sites for hydroxylation is 2. The number of amides is 2. The van der Waals surface area contributed by atoms with Gasteiger partial charge in [0.15, 0.2) is 16.6 Å². The Labute approximate surface area is 165 Å². The zero-order valence-corrected chi connectivity index (χ0v) is 17.0. The Kier molecular flexibility index (Phi) is 4.51. The van der Waals surface area contributed by atoms with Crippen LogP contribution in [0.4, 0.5) is 5.13 Å². The van der Waals surface area contributed by atoms with Gasteiger partial charge in [-0.3, -0.25) is 9.59 Å². The summed E-state index contributed by atoms with van der Waals surface area (Å²) in [6.07, 6.45) is 0. The molecule has 0 saturated carbocycles. The van der Waals surface area contributed by atoms with Crippen LogP contribution in [0.25, 0.3) is 0 Å². The molecule has 1 N–H and O–H groups in total. The van der Waals surface area contributed by atoms with E-state index in [0.717, 1.165) is 16.1 Å². The molecule has 0 aliphatic carbocycles. The van der Waals surface area contributed by atoms with Crippen LogP contribution in [0, 0.1) is 13.8 Å². The van der Waals surface area contributed by atoms with Gasteiger partial charge in [-0.25, -0.2) is 4.98 Å². The molecule has 1 aromatic carbocycles. The number of nitrogens with one attached hydrogen (secondary N) is 1. The van der Waals surface area contributed by atoms with E-state index in [1.54, 1.807) is 22.7 Å². The van der Waals surface area contributed by atoms with Gasteiger partial charge in [0.25, 0.3) is 5.91 Å². The second-order valence-electron chi connectivity index (χ2n) is 6.33. The lowest BCUT2D eigenvalue weighted by Gasteiger charge is -2.22. The van der Waals surface area contributed by atoms with E-state index >= 15 is 0 Å². The summed E-state index contributed by atoms with van der Waals surface area (Å²) < 4.78 is 10.7. The lowest BCUT2D eigenvalue weighted by Crippen LogP contribution is -2.42. The first kappa shape index (κ1) is 18.1. The van der Waals surface area contributed by atoms with Gasteiger partial charge in [-0.2, -0.15) is 0 Å². The van der Waals surface area contributed by atoms with Crippen molar-refractivity contribution in [3.8, 4) is 11.5 Å². The third-order valence-corrected chi connectivity index (χ3v) is 7.15. The third kappa shape index (κ3) is 2.76. The van der Waals surface area contributed by atoms with Crippen molar-refractivity contribution in [3.05, 3.63) is 33.8 Å². The number of fused-ring (bicyclic) bond motifs is 3. The van der Waals surface area contributed by atoms with E-state index in [4.69, 9.17) is 9.47 Å². The van der Waals surface area contributed by atoms with E-state index in [2.05, 4.69) is 10.3 Å². The van der Waals surface area contributed by atoms with Crippen LogP contribution >= 0.6 is 23.1 Å². The number of thiazole rings is 1. The number of hydrogen-bond donors (Lipinski definition) is 1. The summed E-state index contributed by atoms with van der Waals surface area (Å²) in [5, 5.41) is 3.23. The van der Waals surface area contributed by atoms with Crippen molar-refractivity contribution in [2.75, 3.05) is 25.3 Å². The lowest BCUT2D eigenvalue weighted by atomic mass is 10.1. The molecular weight excluding hydrogens is 386 g/mol. The number of ether oxygens (including phenoxy) is 2. The maximum atomic E-state index is 13.1. The van der Waals surface area contributed by atoms with Crippen molar-refractivity contribution in [1.82, 2.24) is 9.88 Å². The molecule has 1 aromatic heterocycles. The number of thioether (sulfide) groups is 1. The van der Waals surface area contributed by atoms with Gasteiger partial charge in [-0.05, 0) is 19.9 Å². The Hall–Kier alpha value is -2.26. The van der Waals surface area contributed by atoms with Crippen LogP contribution < -0.4 is 14.8 Å². The lowest BCUT2D eigenvalue weighted by molar-refractivity contribution is -0.119. The average Bonchev–Trinajstić information content (AvgIpc) is 3.30. The van der Waals surface area contributed by atoms with Crippen LogP contribution in [0.15, 0.2) is 12.1 Å². The first-order valence-corrected chi connectivity index (χ1v) is 10.3. The molecule has 142 valence electrons. The van der Waals surface area contributed by atoms with Gasteiger partial charge in [-0.15, -0.1) is 23.1 Å². The van der Waals surface area contributed by atoms with E-state index in [-0.39, 0.29) is 17.2 Å². The number of rotatable bonds is 4. The number of hydrogen-bond acceptors (Lipinski definition) is 7. The number of carbonyl (C=O) groups is 2. The van der Waals surface area contributed by atoms with Gasteiger partial charge in [-0.1, -0.05) is 6.07 Å². The predicted octanol–water partition coefficient (Wildman–Crippen LogP) is 2.99. The molecule has 2 aliphatic heterocycles. The van der Waals surface area contributed by atoms with Crippen LogP contribution in [-0.2, 0) is 4.79 Å². The van der Waals surface area contributed by atoms with Crippen LogP contribution in [0.3, 0.4) is 0 Å². The summed E-state index contributed by atoms with van der Waals surface area (Å²) in [6.45, 7) is 3.87. The summed E-state index contributed by atoms with van der Waals surface area (Å²) in [4.78, 5) is 33.0. The van der Waals surface area contributed by atoms with Crippen LogP contribution in [-0.4, -0.2) is 47.7 Å². The van der Waals surface area contributed by atoms with Crippen molar-refractivity contribution in [2.24, 2.45) is 0 Å². The van der Waals surface area contributed by atoms with Crippen LogP contribution in [0.1, 0.15) is 31.9 Å². The highest BCUT2D eigenvalue weighted by atomic mass is 32.2. The normalized spacial score (nSPS) is 20.4. The fraction of sp³-hybridized carbons (Fsp3) is 0.389. The standard InChI is InChI=1S/C18H19N3O4S2/c1-8-9(2)27-18(19-8)20-15(22)11-7-26-17-10-5-6-12(24-3)14(25-4)13(10)16(23)21(11)17/h5-6,11,17H,7H2,1-4H3,(H,19,20,22). The van der Waals surface area contributed by atoms with Crippen molar-refractivity contribution in [2.45, 2.75) is 25.3 Å². The molecule has 1 fully saturated rings. The molecule has 2 aliphatic rings. The molecule has 2 amide bonds. The number of anilines is 1. The molecule has 4 rings (SSSR count). The van der Waals surface area contributed by atoms with Crippen molar-refractivity contribution in [3.63, 3.8) is 0 Å². The molecule has 2 unspecified atom stereocenters. The fourth-order valence-electron chi connectivity index (χ4n) is 3.41. The van der Waals surface area contributed by atoms with E-state index in [0.29, 0.717) is 27.9 Å². The monoisotopic (exact) mass is 405 g/mol. The second-order valence-corrected chi connectivity index (χ2v) is 8.65. The smallest absolute Gasteiger partial charge is 0.260 e. The Morgan fingerprint density at radius 2 is 2.07 bits per heavy atom. The molecule has 9 heteroatoms. The van der Waals surface area contributed by atoms with Gasteiger partial charge >= 0.3 is 0 Å². The summed E-state index contributed by atoms with van der Waals surface area (Å²) in [6, 6.07) is 3.11. The first-order valence-electron chi connectivity index (χ1n) is 8.40. The molecule has 0 radical (unpaired) electrons. The van der Waals surface area contributed by atoms with E-state index < -0.39 is 6.04 Å². The number of benzene rings is 1. The Bertz CT molecular complexity index is 923. The molecule has 27 heavy (non-hydrogen) atoms. The minimum absolute atomic E-state index is 0.192. The highest BCUT2D eigenvalue weighted by Crippen LogP contribution is 2.52. The first-order chi connectivity index (χ1) is 13.0. The highest BCUT2D eigenvalue weighted by molar-refractivity contribution is 7.99. The van der Waals surface area contributed by atoms with Crippen molar-refractivity contribution < 1.29 is 19.1 Å². The molecule has 3 heterocycles. The highest BCUT2D eigenvalue weighted by Gasteiger charge is 2.50. The van der Waals surface area contributed by atoms with Gasteiger partial charge in [0.05, 0.1) is 25.5 Å². The van der Waals surface area contributed by atoms with Gasteiger partial charge in [0.1, 0.15) is 11.4 Å². The number of carbonyl (C=O) groups excluding carboxylic acids is 2. The maximum Gasteiger partial charge on any atom is 0.260 e. The van der Waals surface area contributed by atoms with Gasteiger partial charge in [0.2, 0.25) is 5.91 Å². The minimum Gasteiger partial charge on any atom is -0.493 e. The summed E-state index contributed by atoms with van der Waals surface area (Å²) >= 11 is 3.01. The van der Waals surface area contributed by atoms with E-state index in [1.165, 1.54) is 25.6 Å². The molecular formula is C18H19N3O4S2. The van der Waals surface area contributed by atoms with E-state index in [9.17, 15) is 9.59 Å². The Morgan fingerprint density at radius 1 is 1.30 bits per heavy atom. The molecule has 1 saturated heterocycles. The summed E-state index contributed by atoms with van der Waals surface area (Å²) in [7, 11) is 3.05. The van der Waals surface area contributed by atoms with Crippen LogP contribution in [0.5, 0.6) is 11.5 Å². The van der Waals surface area contributed by atoms with Gasteiger partial charge in [0, 0.05) is 16.2 Å². The number of nitrogens with zero attached hydrogens (tertiary/aromatic N) is 2. The maximum absolute atomic E-state index is 13.1. The quantitative estimate of drug-likeness (QED) is 0.842. The summed E-state index contributed by atoms with van der Waals surface area (Å²) in [5.41, 5.74) is 2.24. The zero-order chi connectivity index (χ0) is 19.3. The molecule has 2 atom stereocenters. The largest absolute Gasteiger partial charge is 0.493 e. The van der Waals surface area contributed by atoms with Gasteiger partial charge < -0.3 is 19.7 Å². The third-order valence-electron chi connectivity index (χ3n) is 4.85. The minimum atomic E-state index is -0.555. The number of methoxy groups -OCH3 is 2. The summed E-state index contributed by atoms with van der Waals surface area (Å²) in [5.74, 6) is 1.04. The number of aromatic nitrogens is 1. The molecule has 2 aromatic rings. The molecule has 0 bridgehead atoms. The predicted molar refractivity (Wildman–Crippen MR) is 105 cm³/mol. The van der Waals surface area contributed by atoms with Crippen molar-refractivity contribution >= 4 is 40.0 Å². The van der Waals surface area contributed by atoms with E-state index in [1.807, 2.05) is 19.9 Å². The Balaban J connectivity index is 1.63. The fourth-order valence-corrected chi connectivity index (χ4v) is 5.68. The second kappa shape index (κ2) is 6.72. The Morgan fingerprint density at radius 3 is 2.70 bits per heavy atom. The topological polar surface area (TPSA) is 80.8 Å². The van der Waals surface area contributed by atoms with Crippen molar-refractivity contribution in [1.29, 1.82) is 0 Å². The van der Waals surface area contributed by atoms with Crippen LogP contribution in [0.2, 0.25) is 0 Å². The average molecular weight is 406 g/mol. The molecule has 7 nitrogen and oxygen atoms in total. The zero-order valence-electron chi connectivity index (χ0n) is 15.4. The molecule has 0 spiro atoms. The SMILES string of the molecule is COc1ccc2c(c1OC)C(=O)N1C(C(=O)Nc3nc(C)c(C)s3)CSC21.